The van der Waals surface area contributed by atoms with Crippen LogP contribution < -0.4 is 5.32 Å². The molecule has 5 nitrogen and oxygen atoms in total. The molecule has 0 saturated carbocycles. The molecule has 134 valence electrons. The van der Waals surface area contributed by atoms with Gasteiger partial charge in [-0.1, -0.05) is 11.6 Å². The molecular formula is C20H17ClN3O2Tl. The van der Waals surface area contributed by atoms with Crippen molar-refractivity contribution >= 4 is 55.5 Å². The predicted octanol–water partition coefficient (Wildman–Crippen LogP) is 4.32. The van der Waals surface area contributed by atoms with Gasteiger partial charge in [-0.25, -0.2) is 4.79 Å². The molecule has 0 atom stereocenters. The predicted molar refractivity (Wildman–Crippen MR) is 108 cm³/mol. The van der Waals surface area contributed by atoms with Gasteiger partial charge in [0.05, 0.1) is 0 Å². The number of carbonyl (C=O) groups is 1. The van der Waals surface area contributed by atoms with Crippen LogP contribution in [0, 0.1) is 0 Å². The number of ether oxygens (including phenoxy) is 1. The number of carbonyl (C=O) groups excluding carboxylic acids is 1. The van der Waals surface area contributed by atoms with Crippen LogP contribution in [0.2, 0.25) is 5.02 Å². The van der Waals surface area contributed by atoms with Crippen molar-refractivity contribution < 1.29 is 9.53 Å². The van der Waals surface area contributed by atoms with E-state index in [1.165, 1.54) is 5.56 Å². The molecule has 1 amide bonds. The van der Waals surface area contributed by atoms with Gasteiger partial charge >= 0.3 is 123 Å². The quantitative estimate of drug-likeness (QED) is 0.449. The summed E-state index contributed by atoms with van der Waals surface area (Å²) in [5, 5.41) is 3.26. The van der Waals surface area contributed by atoms with Crippen molar-refractivity contribution in [2.24, 2.45) is 0 Å². The Bertz CT molecular complexity index is 921. The Labute approximate surface area is 179 Å². The molecule has 0 aliphatic heterocycles. The Morgan fingerprint density at radius 3 is 2.59 bits per heavy atom. The Morgan fingerprint density at radius 1 is 1.19 bits per heavy atom. The molecule has 7 heteroatoms. The molecular weight excluding hydrogens is 554 g/mol. The monoisotopic (exact) mass is 571 g/mol. The van der Waals surface area contributed by atoms with Crippen LogP contribution >= 0.6 is 11.6 Å². The van der Waals surface area contributed by atoms with Crippen molar-refractivity contribution in [3.05, 3.63) is 89.0 Å². The maximum atomic E-state index is 11.7. The number of rotatable bonds is 6. The van der Waals surface area contributed by atoms with E-state index in [1.54, 1.807) is 30.3 Å². The van der Waals surface area contributed by atoms with E-state index in [2.05, 4.69) is 31.0 Å². The minimum absolute atomic E-state index is 0.194. The number of amides is 1. The van der Waals surface area contributed by atoms with Crippen LogP contribution in [0.25, 0.3) is 6.08 Å². The number of aromatic nitrogens is 2. The first-order valence-corrected chi connectivity index (χ1v) is 10.7. The molecule has 0 aliphatic carbocycles. The molecule has 0 fully saturated rings. The molecule has 2 aromatic carbocycles. The van der Waals surface area contributed by atoms with Gasteiger partial charge in [0, 0.05) is 10.7 Å². The third kappa shape index (κ3) is 6.51. The summed E-state index contributed by atoms with van der Waals surface area (Å²) >= 11 is 6.55. The van der Waals surface area contributed by atoms with Crippen LogP contribution in [0.4, 0.5) is 10.5 Å². The van der Waals surface area contributed by atoms with Crippen LogP contribution in [0.15, 0.2) is 67.1 Å². The molecule has 0 spiro atoms. The molecule has 0 aliphatic rings. The molecule has 1 N–H and O–H groups in total. The zero-order chi connectivity index (χ0) is 19.1. The number of nitrogens with zero attached hydrogens (tertiary/aromatic N) is 2. The summed E-state index contributed by atoms with van der Waals surface area (Å²) in [4.78, 5) is 16.1. The van der Waals surface area contributed by atoms with Crippen molar-refractivity contribution in [1.82, 2.24) is 7.36 Å². The fourth-order valence-corrected chi connectivity index (χ4v) is 3.48. The fraction of sp³-hybridized carbons (Fsp3) is 0.100. The number of benzene rings is 2. The molecule has 1 heterocycles. The standard InChI is InChI=1S/C20H18ClN3O2.Tl/c21-17-7-9-18(10-8-17)24-20(25)26-11-1-2-15-3-5-16(6-4-15)12-19-13-22-14-23-19;/h1-10,13-14H,11-12H2,(H2,22,23,24,25);/q;+1/p-1/b2-1+;. The van der Waals surface area contributed by atoms with E-state index in [-0.39, 0.29) is 6.61 Å². The molecule has 0 unspecified atom stereocenters. The summed E-state index contributed by atoms with van der Waals surface area (Å²) in [6, 6.07) is 15.1. The normalized spacial score (nSPS) is 10.8. The second kappa shape index (κ2) is 9.70. The summed E-state index contributed by atoms with van der Waals surface area (Å²) in [6.45, 7) is 0.194. The van der Waals surface area contributed by atoms with Crippen LogP contribution in [-0.2, 0) is 11.2 Å². The second-order valence-corrected chi connectivity index (χ2v) is 8.62. The van der Waals surface area contributed by atoms with Crippen LogP contribution in [0.3, 0.4) is 0 Å². The van der Waals surface area contributed by atoms with E-state index in [1.807, 2.05) is 24.5 Å². The van der Waals surface area contributed by atoms with Crippen molar-refractivity contribution in [3.63, 3.8) is 0 Å². The summed E-state index contributed by atoms with van der Waals surface area (Å²) in [7, 11) is 0. The third-order valence-corrected chi connectivity index (χ3v) is 5.08. The van der Waals surface area contributed by atoms with Gasteiger partial charge < -0.3 is 0 Å². The van der Waals surface area contributed by atoms with Crippen molar-refractivity contribution in [2.75, 3.05) is 11.9 Å². The topological polar surface area (TPSA) is 56.1 Å². The van der Waals surface area contributed by atoms with E-state index in [9.17, 15) is 4.79 Å². The molecule has 0 saturated heterocycles. The van der Waals surface area contributed by atoms with E-state index < -0.39 is 6.09 Å². The number of nitrogens with one attached hydrogen (secondary N) is 1. The summed E-state index contributed by atoms with van der Waals surface area (Å²) < 4.78 is 7.23. The average Bonchev–Trinajstić information content (AvgIpc) is 3.07. The Kier molecular flexibility index (Phi) is 7.06. The van der Waals surface area contributed by atoms with Crippen molar-refractivity contribution in [2.45, 2.75) is 6.42 Å². The first kappa shape index (κ1) is 19.6. The Balaban J connectivity index is 1.43. The third-order valence-electron chi connectivity index (χ3n) is 3.73. The Hall–Kier alpha value is -2.13. The van der Waals surface area contributed by atoms with Gasteiger partial charge in [0.15, 0.2) is 0 Å². The van der Waals surface area contributed by atoms with Gasteiger partial charge in [-0.3, -0.25) is 5.32 Å². The number of imidazole rings is 1. The van der Waals surface area contributed by atoms with Crippen LogP contribution in [-0.4, -0.2) is 46.1 Å². The van der Waals surface area contributed by atoms with Gasteiger partial charge in [0.2, 0.25) is 0 Å². The number of anilines is 1. The van der Waals surface area contributed by atoms with Crippen LogP contribution in [0.5, 0.6) is 0 Å². The number of halogens is 1. The van der Waals surface area contributed by atoms with E-state index in [0.717, 1.165) is 43.7 Å². The maximum absolute atomic E-state index is 11.7. The Morgan fingerprint density at radius 2 is 1.93 bits per heavy atom. The molecule has 0 bridgehead atoms. The first-order chi connectivity index (χ1) is 13.1. The SMILES string of the molecule is O=C(Nc1ccc(Cl)cc1)OC/C=C/c1ccc(Cc2c[n]([Tl])cn2)cc1. The van der Waals surface area contributed by atoms with Crippen molar-refractivity contribution in [1.29, 1.82) is 0 Å². The van der Waals surface area contributed by atoms with Gasteiger partial charge in [-0.2, -0.15) is 0 Å². The van der Waals surface area contributed by atoms with E-state index >= 15 is 0 Å². The molecule has 1 aromatic heterocycles. The molecule has 0 radical (unpaired) electrons. The van der Waals surface area contributed by atoms with Crippen molar-refractivity contribution in [3.8, 4) is 0 Å². The number of hydrogen-bond acceptors (Lipinski definition) is 3. The van der Waals surface area contributed by atoms with Gasteiger partial charge in [0.25, 0.3) is 0 Å². The second-order valence-electron chi connectivity index (χ2n) is 5.86. The zero-order valence-corrected chi connectivity index (χ0v) is 19.8. The summed E-state index contributed by atoms with van der Waals surface area (Å²) in [6.07, 6.45) is 8.02. The summed E-state index contributed by atoms with van der Waals surface area (Å²) in [5.74, 6) is 0. The summed E-state index contributed by atoms with van der Waals surface area (Å²) in [5.41, 5.74) is 3.99. The average molecular weight is 571 g/mol. The first-order valence-electron chi connectivity index (χ1n) is 8.31. The number of hydrogen-bond donors (Lipinski definition) is 1. The zero-order valence-electron chi connectivity index (χ0n) is 14.5. The molecule has 27 heavy (non-hydrogen) atoms. The molecule has 3 aromatic rings. The van der Waals surface area contributed by atoms with E-state index in [4.69, 9.17) is 16.3 Å². The minimum atomic E-state index is -0.503. The molecule has 3 rings (SSSR count). The van der Waals surface area contributed by atoms with Crippen LogP contribution in [0.1, 0.15) is 16.8 Å². The fourth-order valence-electron chi connectivity index (χ4n) is 2.42. The van der Waals surface area contributed by atoms with Gasteiger partial charge in [-0.05, 0) is 24.3 Å². The van der Waals surface area contributed by atoms with Gasteiger partial charge in [0.1, 0.15) is 0 Å². The van der Waals surface area contributed by atoms with Gasteiger partial charge in [-0.15, -0.1) is 0 Å². The van der Waals surface area contributed by atoms with E-state index in [0.29, 0.717) is 10.7 Å².